The summed E-state index contributed by atoms with van der Waals surface area (Å²) in [4.78, 5) is 13.5. The van der Waals surface area contributed by atoms with Gasteiger partial charge in [0.25, 0.3) is 5.91 Å². The molecule has 0 spiro atoms. The summed E-state index contributed by atoms with van der Waals surface area (Å²) in [6.45, 7) is 2.79. The molecule has 4 nitrogen and oxygen atoms in total. The topological polar surface area (TPSA) is 55.6 Å². The van der Waals surface area contributed by atoms with E-state index in [4.69, 9.17) is 10.5 Å². The first-order valence-corrected chi connectivity index (χ1v) is 6.82. The smallest absolute Gasteiger partial charge is 0.263 e. The molecule has 1 amide bonds. The molecule has 0 bridgehead atoms. The fraction of sp³-hybridized carbons (Fsp3) is 0.533. The Labute approximate surface area is 114 Å². The number of benzene rings is 1. The lowest BCUT2D eigenvalue weighted by Gasteiger charge is -2.13. The number of carbonyl (C=O) groups is 1. The van der Waals surface area contributed by atoms with Gasteiger partial charge in [-0.25, -0.2) is 0 Å². The van der Waals surface area contributed by atoms with E-state index in [9.17, 15) is 4.79 Å². The van der Waals surface area contributed by atoms with Crippen LogP contribution in [0.15, 0.2) is 24.3 Å². The predicted molar refractivity (Wildman–Crippen MR) is 75.1 cm³/mol. The molecule has 0 saturated carbocycles. The monoisotopic (exact) mass is 262 g/mol. The van der Waals surface area contributed by atoms with Gasteiger partial charge in [-0.05, 0) is 37.5 Å². The predicted octanol–water partition coefficient (Wildman–Crippen LogP) is 1.58. The fourth-order valence-electron chi connectivity index (χ4n) is 2.19. The van der Waals surface area contributed by atoms with Crippen LogP contribution in [0, 0.1) is 0 Å². The molecule has 1 aliphatic heterocycles. The van der Waals surface area contributed by atoms with E-state index >= 15 is 0 Å². The Hall–Kier alpha value is -1.55. The van der Waals surface area contributed by atoms with E-state index in [1.54, 1.807) is 4.90 Å². The van der Waals surface area contributed by atoms with Crippen LogP contribution in [0.2, 0.25) is 0 Å². The number of hydrogen-bond acceptors (Lipinski definition) is 3. The Morgan fingerprint density at radius 3 is 2.63 bits per heavy atom. The van der Waals surface area contributed by atoms with Gasteiger partial charge in [0.2, 0.25) is 0 Å². The standard InChI is InChI=1S/C15H22N2O2/c1-11(16)3-4-12-5-7-13(8-6-12)19-14-9-10-17(2)15(14)18/h5-8,11,14H,3-4,9-10,16H2,1-2H3. The molecule has 1 aromatic carbocycles. The molecule has 0 radical (unpaired) electrons. The number of rotatable bonds is 5. The van der Waals surface area contributed by atoms with Crippen LogP contribution in [0.4, 0.5) is 0 Å². The molecule has 2 unspecified atom stereocenters. The molecule has 2 N–H and O–H groups in total. The molecule has 1 aromatic rings. The molecule has 1 fully saturated rings. The second-order valence-electron chi connectivity index (χ2n) is 5.31. The lowest BCUT2D eigenvalue weighted by atomic mass is 10.1. The van der Waals surface area contributed by atoms with Gasteiger partial charge in [-0.2, -0.15) is 0 Å². The van der Waals surface area contributed by atoms with Crippen LogP contribution >= 0.6 is 0 Å². The molecule has 104 valence electrons. The van der Waals surface area contributed by atoms with Crippen molar-refractivity contribution < 1.29 is 9.53 Å². The molecule has 1 saturated heterocycles. The Morgan fingerprint density at radius 2 is 2.11 bits per heavy atom. The summed E-state index contributed by atoms with van der Waals surface area (Å²) >= 11 is 0. The summed E-state index contributed by atoms with van der Waals surface area (Å²) in [6.07, 6.45) is 2.40. The first-order chi connectivity index (χ1) is 9.06. The lowest BCUT2D eigenvalue weighted by Crippen LogP contribution is -2.29. The summed E-state index contributed by atoms with van der Waals surface area (Å²) in [5.41, 5.74) is 6.99. The van der Waals surface area contributed by atoms with Gasteiger partial charge in [0, 0.05) is 26.1 Å². The zero-order valence-corrected chi connectivity index (χ0v) is 11.6. The first kappa shape index (κ1) is 13.9. The van der Waals surface area contributed by atoms with E-state index < -0.39 is 0 Å². The molecule has 0 aromatic heterocycles. The van der Waals surface area contributed by atoms with E-state index in [1.165, 1.54) is 5.56 Å². The summed E-state index contributed by atoms with van der Waals surface area (Å²) in [7, 11) is 1.81. The summed E-state index contributed by atoms with van der Waals surface area (Å²) in [5, 5.41) is 0. The van der Waals surface area contributed by atoms with Crippen molar-refractivity contribution in [2.24, 2.45) is 5.73 Å². The van der Waals surface area contributed by atoms with Gasteiger partial charge in [-0.15, -0.1) is 0 Å². The van der Waals surface area contributed by atoms with Crippen LogP contribution in [0.5, 0.6) is 5.75 Å². The molecule has 2 rings (SSSR count). The highest BCUT2D eigenvalue weighted by Gasteiger charge is 2.30. The van der Waals surface area contributed by atoms with Gasteiger partial charge >= 0.3 is 0 Å². The Balaban J connectivity index is 1.90. The fourth-order valence-corrected chi connectivity index (χ4v) is 2.19. The molecule has 1 aliphatic rings. The molecule has 2 atom stereocenters. The van der Waals surface area contributed by atoms with E-state index in [1.807, 2.05) is 38.2 Å². The van der Waals surface area contributed by atoms with Crippen molar-refractivity contribution in [1.29, 1.82) is 0 Å². The molecule has 0 aliphatic carbocycles. The first-order valence-electron chi connectivity index (χ1n) is 6.82. The summed E-state index contributed by atoms with van der Waals surface area (Å²) in [5.74, 6) is 0.833. The third-order valence-corrected chi connectivity index (χ3v) is 3.47. The van der Waals surface area contributed by atoms with Crippen molar-refractivity contribution in [3.05, 3.63) is 29.8 Å². The largest absolute Gasteiger partial charge is 0.481 e. The number of ether oxygens (including phenoxy) is 1. The highest BCUT2D eigenvalue weighted by Crippen LogP contribution is 2.19. The Kier molecular flexibility index (Phi) is 4.43. The number of carbonyl (C=O) groups excluding carboxylic acids is 1. The second kappa shape index (κ2) is 6.06. The van der Waals surface area contributed by atoms with Gasteiger partial charge in [-0.3, -0.25) is 4.79 Å². The maximum absolute atomic E-state index is 11.7. The molecule has 4 heteroatoms. The lowest BCUT2D eigenvalue weighted by molar-refractivity contribution is -0.132. The number of nitrogens with two attached hydrogens (primary N) is 1. The van der Waals surface area contributed by atoms with Crippen molar-refractivity contribution >= 4 is 5.91 Å². The van der Waals surface area contributed by atoms with Gasteiger partial charge in [0.05, 0.1) is 0 Å². The average Bonchev–Trinajstić information content (AvgIpc) is 2.70. The number of hydrogen-bond donors (Lipinski definition) is 1. The quantitative estimate of drug-likeness (QED) is 0.876. The van der Waals surface area contributed by atoms with Crippen molar-refractivity contribution in [2.75, 3.05) is 13.6 Å². The zero-order chi connectivity index (χ0) is 13.8. The van der Waals surface area contributed by atoms with Gasteiger partial charge < -0.3 is 15.4 Å². The summed E-state index contributed by atoms with van der Waals surface area (Å²) < 4.78 is 5.72. The average molecular weight is 262 g/mol. The second-order valence-corrected chi connectivity index (χ2v) is 5.31. The third kappa shape index (κ3) is 3.70. The van der Waals surface area contributed by atoms with E-state index in [-0.39, 0.29) is 18.1 Å². The third-order valence-electron chi connectivity index (χ3n) is 3.47. The Morgan fingerprint density at radius 1 is 1.42 bits per heavy atom. The van der Waals surface area contributed by atoms with Crippen molar-refractivity contribution in [2.45, 2.75) is 38.3 Å². The minimum absolute atomic E-state index is 0.0704. The van der Waals surface area contributed by atoms with Crippen molar-refractivity contribution in [1.82, 2.24) is 4.90 Å². The van der Waals surface area contributed by atoms with Crippen LogP contribution < -0.4 is 10.5 Å². The SMILES string of the molecule is CC(N)CCc1ccc(OC2CCN(C)C2=O)cc1. The van der Waals surface area contributed by atoms with Gasteiger partial charge in [0.1, 0.15) is 5.75 Å². The van der Waals surface area contributed by atoms with E-state index in [0.29, 0.717) is 0 Å². The Bertz CT molecular complexity index is 428. The zero-order valence-electron chi connectivity index (χ0n) is 11.6. The maximum Gasteiger partial charge on any atom is 0.263 e. The molecule has 1 heterocycles. The highest BCUT2D eigenvalue weighted by molar-refractivity contribution is 5.83. The van der Waals surface area contributed by atoms with Crippen molar-refractivity contribution in [3.63, 3.8) is 0 Å². The van der Waals surface area contributed by atoms with E-state index in [2.05, 4.69) is 0 Å². The minimum Gasteiger partial charge on any atom is -0.481 e. The summed E-state index contributed by atoms with van der Waals surface area (Å²) in [6, 6.07) is 8.17. The number of likely N-dealkylation sites (tertiary alicyclic amines) is 1. The van der Waals surface area contributed by atoms with Crippen LogP contribution in [0.3, 0.4) is 0 Å². The maximum atomic E-state index is 11.7. The van der Waals surface area contributed by atoms with E-state index in [0.717, 1.165) is 31.6 Å². The van der Waals surface area contributed by atoms with Crippen LogP contribution in [0.25, 0.3) is 0 Å². The van der Waals surface area contributed by atoms with Gasteiger partial charge in [0.15, 0.2) is 6.10 Å². The van der Waals surface area contributed by atoms with Crippen LogP contribution in [-0.4, -0.2) is 36.5 Å². The highest BCUT2D eigenvalue weighted by atomic mass is 16.5. The molecular formula is C15H22N2O2. The van der Waals surface area contributed by atoms with Crippen molar-refractivity contribution in [3.8, 4) is 5.75 Å². The number of likely N-dealkylation sites (N-methyl/N-ethyl adjacent to an activating group) is 1. The van der Waals surface area contributed by atoms with Gasteiger partial charge in [-0.1, -0.05) is 12.1 Å². The number of amides is 1. The molecular weight excluding hydrogens is 240 g/mol. The number of aryl methyl sites for hydroxylation is 1. The number of nitrogens with zero attached hydrogens (tertiary/aromatic N) is 1. The molecule has 19 heavy (non-hydrogen) atoms. The van der Waals surface area contributed by atoms with Crippen LogP contribution in [-0.2, 0) is 11.2 Å². The van der Waals surface area contributed by atoms with Crippen LogP contribution in [0.1, 0.15) is 25.3 Å². The minimum atomic E-state index is -0.320. The normalized spacial score (nSPS) is 20.7.